The Morgan fingerprint density at radius 1 is 1.38 bits per heavy atom. The van der Waals surface area contributed by atoms with Gasteiger partial charge in [0.1, 0.15) is 17.8 Å². The highest BCUT2D eigenvalue weighted by atomic mass is 31.2. The van der Waals surface area contributed by atoms with Gasteiger partial charge in [-0.05, 0) is 6.07 Å². The quantitative estimate of drug-likeness (QED) is 0.418. The smallest absolute Gasteiger partial charge is 0.387 e. The van der Waals surface area contributed by atoms with Crippen LogP contribution in [0.4, 0.5) is 0 Å². The summed E-state index contributed by atoms with van der Waals surface area (Å²) in [7, 11) is -1.43. The summed E-state index contributed by atoms with van der Waals surface area (Å²) in [6.45, 7) is -0.330. The van der Waals surface area contributed by atoms with Crippen LogP contribution in [0.2, 0.25) is 0 Å². The van der Waals surface area contributed by atoms with Crippen LogP contribution in [0.25, 0.3) is 0 Å². The molecule has 1 aromatic rings. The van der Waals surface area contributed by atoms with Gasteiger partial charge in [0.2, 0.25) is 0 Å². The molecule has 1 aromatic heterocycles. The molecule has 134 valence electrons. The van der Waals surface area contributed by atoms with Gasteiger partial charge in [0, 0.05) is 20.3 Å². The fourth-order valence-corrected chi connectivity index (χ4v) is 2.94. The summed E-state index contributed by atoms with van der Waals surface area (Å²) >= 11 is 0. The molecule has 0 bridgehead atoms. The molecular formula is C13H20N2O8P+. The molecule has 2 rings (SSSR count). The fraction of sp³-hybridized carbons (Fsp3) is 0.538. The largest absolute Gasteiger partial charge is 0.474 e. The number of amides is 1. The Hall–Kier alpha value is -1.39. The molecule has 0 saturated carbocycles. The number of ether oxygens (including phenoxy) is 1. The summed E-state index contributed by atoms with van der Waals surface area (Å²) in [4.78, 5) is 11.2. The lowest BCUT2D eigenvalue weighted by atomic mass is 10.1. The van der Waals surface area contributed by atoms with Gasteiger partial charge in [-0.2, -0.15) is 4.57 Å². The summed E-state index contributed by atoms with van der Waals surface area (Å²) < 4.78 is 33.0. The predicted octanol–water partition coefficient (Wildman–Crippen LogP) is -0.890. The molecule has 11 heteroatoms. The number of phosphoric ester groups is 1. The summed E-state index contributed by atoms with van der Waals surface area (Å²) in [6, 6.07) is 3.06. The van der Waals surface area contributed by atoms with Crippen LogP contribution >= 0.6 is 7.82 Å². The van der Waals surface area contributed by atoms with E-state index in [0.717, 1.165) is 14.2 Å². The summed E-state index contributed by atoms with van der Waals surface area (Å²) in [6.07, 6.45) is -1.61. The Bertz CT molecular complexity index is 634. The third-order valence-electron chi connectivity index (χ3n) is 3.58. The van der Waals surface area contributed by atoms with Crippen molar-refractivity contribution in [3.05, 3.63) is 30.1 Å². The van der Waals surface area contributed by atoms with Gasteiger partial charge < -0.3 is 20.7 Å². The van der Waals surface area contributed by atoms with Crippen molar-refractivity contribution in [1.29, 1.82) is 0 Å². The number of primary amides is 1. The third-order valence-corrected chi connectivity index (χ3v) is 4.94. The highest BCUT2D eigenvalue weighted by Gasteiger charge is 2.49. The lowest BCUT2D eigenvalue weighted by Gasteiger charge is -2.17. The van der Waals surface area contributed by atoms with E-state index in [1.807, 2.05) is 0 Å². The van der Waals surface area contributed by atoms with E-state index >= 15 is 0 Å². The number of hydrogen-bond acceptors (Lipinski definition) is 8. The highest BCUT2D eigenvalue weighted by Crippen LogP contribution is 2.48. The number of carbonyl (C=O) groups is 1. The number of aliphatic hydroxyl groups excluding tert-OH is 2. The lowest BCUT2D eigenvalue weighted by molar-refractivity contribution is -0.765. The van der Waals surface area contributed by atoms with Crippen LogP contribution in [-0.4, -0.2) is 55.3 Å². The first kappa shape index (κ1) is 18.9. The molecule has 0 aliphatic carbocycles. The van der Waals surface area contributed by atoms with Gasteiger partial charge in [-0.1, -0.05) is 0 Å². The molecule has 1 unspecified atom stereocenters. The average Bonchev–Trinajstić information content (AvgIpc) is 2.88. The second-order valence-electron chi connectivity index (χ2n) is 5.06. The number of aliphatic hydroxyl groups is 2. The van der Waals surface area contributed by atoms with Crippen LogP contribution in [0.15, 0.2) is 24.5 Å². The SMILES string of the molecule is COP(=O)(OC)OC[C@H]1OC([n+]2cccc(C(N)=O)c2)[C@H](O)[C@@H]1O. The van der Waals surface area contributed by atoms with Gasteiger partial charge in [-0.15, -0.1) is 0 Å². The number of hydrogen-bond donors (Lipinski definition) is 3. The Kier molecular flexibility index (Phi) is 6.05. The first-order valence-electron chi connectivity index (χ1n) is 6.99. The number of nitrogens with two attached hydrogens (primary N) is 1. The number of rotatable bonds is 7. The van der Waals surface area contributed by atoms with Crippen LogP contribution in [0.3, 0.4) is 0 Å². The zero-order valence-electron chi connectivity index (χ0n) is 13.1. The van der Waals surface area contributed by atoms with Gasteiger partial charge in [0.25, 0.3) is 12.1 Å². The van der Waals surface area contributed by atoms with Gasteiger partial charge in [0.15, 0.2) is 18.5 Å². The molecular weight excluding hydrogens is 343 g/mol. The van der Waals surface area contributed by atoms with E-state index in [-0.39, 0.29) is 12.2 Å². The molecule has 0 radical (unpaired) electrons. The monoisotopic (exact) mass is 363 g/mol. The maximum Gasteiger partial charge on any atom is 0.474 e. The van der Waals surface area contributed by atoms with Crippen LogP contribution in [0.1, 0.15) is 16.6 Å². The van der Waals surface area contributed by atoms with Crippen molar-refractivity contribution in [2.24, 2.45) is 5.73 Å². The minimum Gasteiger partial charge on any atom is -0.387 e. The summed E-state index contributed by atoms with van der Waals surface area (Å²) in [5.74, 6) is -0.640. The van der Waals surface area contributed by atoms with E-state index in [1.165, 1.54) is 16.8 Å². The molecule has 0 spiro atoms. The second-order valence-corrected chi connectivity index (χ2v) is 6.94. The van der Waals surface area contributed by atoms with Gasteiger partial charge in [0.05, 0.1) is 6.61 Å². The van der Waals surface area contributed by atoms with Gasteiger partial charge in [-0.3, -0.25) is 18.4 Å². The third kappa shape index (κ3) is 3.98. The molecule has 1 fully saturated rings. The molecule has 10 nitrogen and oxygen atoms in total. The molecule has 1 aliphatic rings. The maximum absolute atomic E-state index is 11.8. The first-order chi connectivity index (χ1) is 11.3. The van der Waals surface area contributed by atoms with Crippen molar-refractivity contribution >= 4 is 13.7 Å². The zero-order valence-corrected chi connectivity index (χ0v) is 14.0. The first-order valence-corrected chi connectivity index (χ1v) is 8.45. The molecule has 1 aliphatic heterocycles. The van der Waals surface area contributed by atoms with Crippen molar-refractivity contribution in [2.45, 2.75) is 24.5 Å². The highest BCUT2D eigenvalue weighted by molar-refractivity contribution is 7.48. The van der Waals surface area contributed by atoms with Crippen LogP contribution in [0, 0.1) is 0 Å². The van der Waals surface area contributed by atoms with Crippen LogP contribution in [0.5, 0.6) is 0 Å². The number of pyridine rings is 1. The van der Waals surface area contributed by atoms with Crippen molar-refractivity contribution in [2.75, 3.05) is 20.8 Å². The van der Waals surface area contributed by atoms with Crippen molar-refractivity contribution in [3.8, 4) is 0 Å². The normalized spacial score (nSPS) is 27.3. The Balaban J connectivity index is 2.11. The van der Waals surface area contributed by atoms with E-state index in [1.54, 1.807) is 12.3 Å². The summed E-state index contributed by atoms with van der Waals surface area (Å²) in [5, 5.41) is 20.2. The molecule has 1 saturated heterocycles. The minimum atomic E-state index is -3.73. The molecule has 24 heavy (non-hydrogen) atoms. The van der Waals surface area contributed by atoms with E-state index < -0.39 is 38.3 Å². The second kappa shape index (κ2) is 7.66. The van der Waals surface area contributed by atoms with Crippen molar-refractivity contribution < 1.29 is 42.4 Å². The number of phosphoric acid groups is 1. The molecule has 0 aromatic carbocycles. The zero-order chi connectivity index (χ0) is 17.9. The van der Waals surface area contributed by atoms with E-state index in [9.17, 15) is 19.6 Å². The molecule has 4 atom stereocenters. The fourth-order valence-electron chi connectivity index (χ4n) is 2.25. The summed E-state index contributed by atoms with van der Waals surface area (Å²) in [5.41, 5.74) is 5.43. The minimum absolute atomic E-state index is 0.214. The number of carbonyl (C=O) groups excluding carboxylic acids is 1. The van der Waals surface area contributed by atoms with Crippen LogP contribution < -0.4 is 10.3 Å². The molecule has 4 N–H and O–H groups in total. The van der Waals surface area contributed by atoms with E-state index in [4.69, 9.17) is 15.0 Å². The van der Waals surface area contributed by atoms with Crippen molar-refractivity contribution in [3.63, 3.8) is 0 Å². The van der Waals surface area contributed by atoms with E-state index in [0.29, 0.717) is 0 Å². The lowest BCUT2D eigenvalue weighted by Crippen LogP contribution is -2.46. The average molecular weight is 363 g/mol. The Labute approximate surface area is 138 Å². The van der Waals surface area contributed by atoms with E-state index in [2.05, 4.69) is 9.05 Å². The molecule has 1 amide bonds. The van der Waals surface area contributed by atoms with Gasteiger partial charge in [-0.25, -0.2) is 4.57 Å². The van der Waals surface area contributed by atoms with Gasteiger partial charge >= 0.3 is 7.82 Å². The maximum atomic E-state index is 11.8. The number of nitrogens with zero attached hydrogens (tertiary/aromatic N) is 1. The molecule has 2 heterocycles. The Morgan fingerprint density at radius 3 is 2.62 bits per heavy atom. The Morgan fingerprint density at radius 2 is 2.04 bits per heavy atom. The number of aromatic nitrogens is 1. The predicted molar refractivity (Wildman–Crippen MR) is 78.7 cm³/mol. The van der Waals surface area contributed by atoms with Crippen LogP contribution in [-0.2, 0) is 22.9 Å². The standard InChI is InChI=1S/C13H19N2O8P/c1-20-24(19,21-2)22-7-9-10(16)11(17)13(23-9)15-5-3-4-8(6-15)12(14)18/h3-6,9-11,13,16-17H,7H2,1-2H3,(H-,14,18)/p+1/t9-,10-,11-,13?/m1/s1. The topological polar surface area (TPSA) is 141 Å². The van der Waals surface area contributed by atoms with Crippen molar-refractivity contribution in [1.82, 2.24) is 0 Å².